The number of aryl methyl sites for hydroxylation is 1. The Balaban J connectivity index is 1.71. The lowest BCUT2D eigenvalue weighted by atomic mass is 10.0. The Morgan fingerprint density at radius 3 is 2.35 bits per heavy atom. The fraction of sp³-hybridized carbons (Fsp3) is 0.0952. The number of oxime groups is 1. The summed E-state index contributed by atoms with van der Waals surface area (Å²) in [7, 11) is 0. The van der Waals surface area contributed by atoms with E-state index in [1.165, 1.54) is 16.7 Å². The number of rotatable bonds is 5. The Kier molecular flexibility index (Phi) is 4.85. The second-order valence-corrected chi connectivity index (χ2v) is 5.39. The van der Waals surface area contributed by atoms with Gasteiger partial charge in [0.05, 0.1) is 6.21 Å². The maximum absolute atomic E-state index is 5.51. The van der Waals surface area contributed by atoms with Gasteiger partial charge in [0, 0.05) is 0 Å². The lowest BCUT2D eigenvalue weighted by Gasteiger charge is -2.08. The van der Waals surface area contributed by atoms with Crippen molar-refractivity contribution in [2.24, 2.45) is 5.16 Å². The molecule has 0 aromatic heterocycles. The van der Waals surface area contributed by atoms with E-state index in [1.54, 1.807) is 6.21 Å². The Morgan fingerprint density at radius 2 is 1.52 bits per heavy atom. The minimum atomic E-state index is 0.452. The van der Waals surface area contributed by atoms with Crippen molar-refractivity contribution in [3.8, 4) is 11.1 Å². The first-order chi connectivity index (χ1) is 11.3. The summed E-state index contributed by atoms with van der Waals surface area (Å²) >= 11 is 0. The van der Waals surface area contributed by atoms with E-state index in [-0.39, 0.29) is 0 Å². The van der Waals surface area contributed by atoms with Gasteiger partial charge in [0.25, 0.3) is 0 Å². The number of hydrogen-bond donors (Lipinski definition) is 0. The van der Waals surface area contributed by atoms with Crippen LogP contribution in [0.4, 0.5) is 0 Å². The van der Waals surface area contributed by atoms with Crippen molar-refractivity contribution < 1.29 is 4.84 Å². The molecule has 0 radical (unpaired) electrons. The second kappa shape index (κ2) is 7.41. The van der Waals surface area contributed by atoms with Crippen molar-refractivity contribution >= 4 is 6.21 Å². The van der Waals surface area contributed by atoms with Crippen molar-refractivity contribution in [1.29, 1.82) is 0 Å². The quantitative estimate of drug-likeness (QED) is 0.468. The molecule has 3 aromatic rings. The van der Waals surface area contributed by atoms with Crippen LogP contribution >= 0.6 is 0 Å². The molecule has 0 spiro atoms. The van der Waals surface area contributed by atoms with Crippen LogP contribution in [0, 0.1) is 6.92 Å². The molecule has 0 aliphatic heterocycles. The SMILES string of the molecule is Cc1ccccc1C=NOCc1ccccc1-c1ccccc1. The minimum Gasteiger partial charge on any atom is -0.391 e. The lowest BCUT2D eigenvalue weighted by molar-refractivity contribution is 0.132. The van der Waals surface area contributed by atoms with Crippen LogP contribution in [0.15, 0.2) is 84.0 Å². The van der Waals surface area contributed by atoms with Crippen molar-refractivity contribution in [3.63, 3.8) is 0 Å². The molecule has 0 aliphatic carbocycles. The number of nitrogens with zero attached hydrogens (tertiary/aromatic N) is 1. The van der Waals surface area contributed by atoms with E-state index in [2.05, 4.69) is 42.4 Å². The molecule has 0 saturated heterocycles. The van der Waals surface area contributed by atoms with Crippen LogP contribution in [0.5, 0.6) is 0 Å². The average molecular weight is 301 g/mol. The zero-order valence-electron chi connectivity index (χ0n) is 13.1. The Hall–Kier alpha value is -2.87. The summed E-state index contributed by atoms with van der Waals surface area (Å²) in [6.07, 6.45) is 1.76. The first-order valence-corrected chi connectivity index (χ1v) is 7.69. The van der Waals surface area contributed by atoms with Crippen molar-refractivity contribution in [2.75, 3.05) is 0 Å². The standard InChI is InChI=1S/C21H19NO/c1-17-9-5-6-12-19(17)15-22-23-16-20-13-7-8-14-21(20)18-10-3-2-4-11-18/h2-15H,16H2,1H3. The number of hydrogen-bond acceptors (Lipinski definition) is 2. The maximum Gasteiger partial charge on any atom is 0.142 e. The fourth-order valence-electron chi connectivity index (χ4n) is 2.48. The largest absolute Gasteiger partial charge is 0.391 e. The number of benzene rings is 3. The van der Waals surface area contributed by atoms with Gasteiger partial charge < -0.3 is 4.84 Å². The molecule has 0 bridgehead atoms. The van der Waals surface area contributed by atoms with E-state index in [0.717, 1.165) is 11.1 Å². The molecule has 3 rings (SSSR count). The van der Waals surface area contributed by atoms with Gasteiger partial charge in [-0.05, 0) is 34.7 Å². The molecule has 0 amide bonds. The minimum absolute atomic E-state index is 0.452. The van der Waals surface area contributed by atoms with E-state index < -0.39 is 0 Å². The highest BCUT2D eigenvalue weighted by atomic mass is 16.6. The predicted octanol–water partition coefficient (Wildman–Crippen LogP) is 5.21. The molecule has 2 nitrogen and oxygen atoms in total. The molecule has 114 valence electrons. The van der Waals surface area contributed by atoms with E-state index in [0.29, 0.717) is 6.61 Å². The van der Waals surface area contributed by atoms with Gasteiger partial charge in [-0.25, -0.2) is 0 Å². The van der Waals surface area contributed by atoms with Gasteiger partial charge >= 0.3 is 0 Å². The molecule has 2 heteroatoms. The fourth-order valence-corrected chi connectivity index (χ4v) is 2.48. The highest BCUT2D eigenvalue weighted by Crippen LogP contribution is 2.23. The molecular weight excluding hydrogens is 282 g/mol. The third-order valence-corrected chi connectivity index (χ3v) is 3.78. The Morgan fingerprint density at radius 1 is 0.826 bits per heavy atom. The van der Waals surface area contributed by atoms with Gasteiger partial charge in [-0.1, -0.05) is 84.0 Å². The topological polar surface area (TPSA) is 21.6 Å². The molecule has 3 aromatic carbocycles. The molecule has 0 saturated carbocycles. The van der Waals surface area contributed by atoms with Crippen molar-refractivity contribution in [2.45, 2.75) is 13.5 Å². The van der Waals surface area contributed by atoms with E-state index in [1.807, 2.05) is 48.5 Å². The zero-order valence-corrected chi connectivity index (χ0v) is 13.1. The van der Waals surface area contributed by atoms with E-state index >= 15 is 0 Å². The predicted molar refractivity (Wildman–Crippen MR) is 95.4 cm³/mol. The molecule has 0 fully saturated rings. The summed E-state index contributed by atoms with van der Waals surface area (Å²) in [6.45, 7) is 2.51. The van der Waals surface area contributed by atoms with Crippen molar-refractivity contribution in [1.82, 2.24) is 0 Å². The molecular formula is C21H19NO. The molecule has 0 N–H and O–H groups in total. The first kappa shape index (κ1) is 15.0. The van der Waals surface area contributed by atoms with Gasteiger partial charge in [-0.15, -0.1) is 0 Å². The van der Waals surface area contributed by atoms with Gasteiger partial charge in [-0.3, -0.25) is 0 Å². The van der Waals surface area contributed by atoms with Gasteiger partial charge in [0.1, 0.15) is 6.61 Å². The Labute approximate surface area is 137 Å². The van der Waals surface area contributed by atoms with Gasteiger partial charge in [-0.2, -0.15) is 0 Å². The van der Waals surface area contributed by atoms with Crippen LogP contribution in [-0.4, -0.2) is 6.21 Å². The van der Waals surface area contributed by atoms with E-state index in [4.69, 9.17) is 4.84 Å². The van der Waals surface area contributed by atoms with Crippen LogP contribution < -0.4 is 0 Å². The second-order valence-electron chi connectivity index (χ2n) is 5.39. The third kappa shape index (κ3) is 3.86. The molecule has 0 atom stereocenters. The lowest BCUT2D eigenvalue weighted by Crippen LogP contribution is -1.93. The Bertz CT molecular complexity index is 794. The first-order valence-electron chi connectivity index (χ1n) is 7.69. The summed E-state index contributed by atoms with van der Waals surface area (Å²) in [5, 5.41) is 4.11. The maximum atomic E-state index is 5.51. The van der Waals surface area contributed by atoms with Crippen LogP contribution in [0.2, 0.25) is 0 Å². The van der Waals surface area contributed by atoms with Gasteiger partial charge in [0.2, 0.25) is 0 Å². The highest BCUT2D eigenvalue weighted by Gasteiger charge is 2.04. The van der Waals surface area contributed by atoms with E-state index in [9.17, 15) is 0 Å². The highest BCUT2D eigenvalue weighted by molar-refractivity contribution is 5.81. The summed E-state index contributed by atoms with van der Waals surface area (Å²) in [6, 6.07) is 26.7. The zero-order chi connectivity index (χ0) is 15.9. The molecule has 23 heavy (non-hydrogen) atoms. The smallest absolute Gasteiger partial charge is 0.142 e. The average Bonchev–Trinajstić information content (AvgIpc) is 2.61. The summed E-state index contributed by atoms with van der Waals surface area (Å²) in [5.41, 5.74) is 5.75. The summed E-state index contributed by atoms with van der Waals surface area (Å²) in [5.74, 6) is 0. The molecule has 0 heterocycles. The van der Waals surface area contributed by atoms with Gasteiger partial charge in [0.15, 0.2) is 0 Å². The normalized spacial score (nSPS) is 10.8. The van der Waals surface area contributed by atoms with Crippen LogP contribution in [-0.2, 0) is 11.4 Å². The summed E-state index contributed by atoms with van der Waals surface area (Å²) < 4.78 is 0. The van der Waals surface area contributed by atoms with Crippen LogP contribution in [0.1, 0.15) is 16.7 Å². The monoisotopic (exact) mass is 301 g/mol. The third-order valence-electron chi connectivity index (χ3n) is 3.78. The summed E-state index contributed by atoms with van der Waals surface area (Å²) in [4.78, 5) is 5.51. The molecule has 0 unspecified atom stereocenters. The van der Waals surface area contributed by atoms with Crippen molar-refractivity contribution in [3.05, 3.63) is 95.6 Å². The molecule has 0 aliphatic rings. The van der Waals surface area contributed by atoms with Crippen LogP contribution in [0.25, 0.3) is 11.1 Å². The van der Waals surface area contributed by atoms with Crippen LogP contribution in [0.3, 0.4) is 0 Å².